The van der Waals surface area contributed by atoms with Crippen molar-refractivity contribution in [2.45, 2.75) is 38.0 Å². The summed E-state index contributed by atoms with van der Waals surface area (Å²) in [5.41, 5.74) is 6.45. The van der Waals surface area contributed by atoms with E-state index < -0.39 is 6.10 Å². The molecule has 1 aliphatic rings. The van der Waals surface area contributed by atoms with Gasteiger partial charge in [-0.25, -0.2) is 4.79 Å². The van der Waals surface area contributed by atoms with E-state index in [0.29, 0.717) is 6.54 Å². The Kier molecular flexibility index (Phi) is 5.38. The van der Waals surface area contributed by atoms with E-state index in [1.54, 1.807) is 4.90 Å². The van der Waals surface area contributed by atoms with E-state index in [1.807, 2.05) is 30.3 Å². The van der Waals surface area contributed by atoms with Crippen LogP contribution in [-0.4, -0.2) is 41.3 Å². The van der Waals surface area contributed by atoms with Crippen molar-refractivity contribution in [1.82, 2.24) is 4.90 Å². The second kappa shape index (κ2) is 7.26. The Balaban J connectivity index is 1.92. The molecule has 1 aromatic rings. The molecule has 2 rings (SSSR count). The topological polar surface area (TPSA) is 75.8 Å². The lowest BCUT2D eigenvalue weighted by Crippen LogP contribution is -2.52. The first-order valence-corrected chi connectivity index (χ1v) is 7.08. The van der Waals surface area contributed by atoms with E-state index >= 15 is 0 Å². The van der Waals surface area contributed by atoms with Crippen LogP contribution in [0.25, 0.3) is 0 Å². The predicted molar refractivity (Wildman–Crippen MR) is 76.0 cm³/mol. The summed E-state index contributed by atoms with van der Waals surface area (Å²) in [4.78, 5) is 13.8. The molecule has 1 fully saturated rings. The van der Waals surface area contributed by atoms with Crippen molar-refractivity contribution in [2.24, 2.45) is 5.73 Å². The summed E-state index contributed by atoms with van der Waals surface area (Å²) >= 11 is 0. The summed E-state index contributed by atoms with van der Waals surface area (Å²) in [6, 6.07) is 9.34. The van der Waals surface area contributed by atoms with Crippen LogP contribution < -0.4 is 5.73 Å². The lowest BCUT2D eigenvalue weighted by molar-refractivity contribution is 0.0178. The number of nitrogens with two attached hydrogens (primary N) is 1. The Bertz CT molecular complexity index is 424. The molecule has 3 N–H and O–H groups in total. The molecule has 0 radical (unpaired) electrons. The van der Waals surface area contributed by atoms with Crippen LogP contribution in [0.1, 0.15) is 24.8 Å². The van der Waals surface area contributed by atoms with Gasteiger partial charge in [0.15, 0.2) is 0 Å². The zero-order valence-electron chi connectivity index (χ0n) is 11.6. The van der Waals surface area contributed by atoms with E-state index in [0.717, 1.165) is 24.8 Å². The summed E-state index contributed by atoms with van der Waals surface area (Å²) < 4.78 is 5.33. The van der Waals surface area contributed by atoms with Crippen LogP contribution in [0, 0.1) is 0 Å². The average Bonchev–Trinajstić information content (AvgIpc) is 2.52. The SMILES string of the molecule is NCC(O)C1CCCCN1C(=O)OCc1ccccc1. The monoisotopic (exact) mass is 278 g/mol. The molecular formula is C15H22N2O3. The normalized spacial score (nSPS) is 20.5. The van der Waals surface area contributed by atoms with Crippen LogP contribution in [0.5, 0.6) is 0 Å². The molecule has 20 heavy (non-hydrogen) atoms. The van der Waals surface area contributed by atoms with Gasteiger partial charge < -0.3 is 20.5 Å². The number of ether oxygens (including phenoxy) is 1. The average molecular weight is 278 g/mol. The number of piperidine rings is 1. The molecule has 0 saturated carbocycles. The summed E-state index contributed by atoms with van der Waals surface area (Å²) in [5, 5.41) is 9.91. The van der Waals surface area contributed by atoms with Gasteiger partial charge in [0, 0.05) is 13.1 Å². The minimum absolute atomic E-state index is 0.160. The fourth-order valence-electron chi connectivity index (χ4n) is 2.54. The van der Waals surface area contributed by atoms with Gasteiger partial charge in [0.2, 0.25) is 0 Å². The first-order chi connectivity index (χ1) is 9.72. The third-order valence-corrected chi connectivity index (χ3v) is 3.67. The molecular weight excluding hydrogens is 256 g/mol. The largest absolute Gasteiger partial charge is 0.445 e. The first kappa shape index (κ1) is 14.8. The number of likely N-dealkylation sites (tertiary alicyclic amines) is 1. The van der Waals surface area contributed by atoms with Crippen molar-refractivity contribution in [3.05, 3.63) is 35.9 Å². The Hall–Kier alpha value is -1.59. The summed E-state index contributed by atoms with van der Waals surface area (Å²) in [5.74, 6) is 0. The number of rotatable bonds is 4. The molecule has 1 aliphatic heterocycles. The molecule has 2 unspecified atom stereocenters. The van der Waals surface area contributed by atoms with Crippen LogP contribution in [0.15, 0.2) is 30.3 Å². The number of benzene rings is 1. The quantitative estimate of drug-likeness (QED) is 0.875. The van der Waals surface area contributed by atoms with Gasteiger partial charge in [0.1, 0.15) is 6.61 Å². The molecule has 110 valence electrons. The van der Waals surface area contributed by atoms with Crippen LogP contribution in [-0.2, 0) is 11.3 Å². The molecule has 1 saturated heterocycles. The molecule has 0 aromatic heterocycles. The Morgan fingerprint density at radius 3 is 2.85 bits per heavy atom. The number of carbonyl (C=O) groups is 1. The lowest BCUT2D eigenvalue weighted by atomic mass is 9.98. The zero-order valence-corrected chi connectivity index (χ0v) is 11.6. The maximum Gasteiger partial charge on any atom is 0.410 e. The number of amides is 1. The number of nitrogens with zero attached hydrogens (tertiary/aromatic N) is 1. The number of hydrogen-bond donors (Lipinski definition) is 2. The second-order valence-electron chi connectivity index (χ2n) is 5.10. The highest BCUT2D eigenvalue weighted by atomic mass is 16.6. The van der Waals surface area contributed by atoms with Gasteiger partial charge in [0.05, 0.1) is 12.1 Å². The predicted octanol–water partition coefficient (Wildman–Crippen LogP) is 1.50. The number of aliphatic hydroxyl groups is 1. The first-order valence-electron chi connectivity index (χ1n) is 7.08. The Morgan fingerprint density at radius 1 is 1.40 bits per heavy atom. The standard InChI is InChI=1S/C15H22N2O3/c16-10-14(18)13-8-4-5-9-17(13)15(19)20-11-12-6-2-1-3-7-12/h1-3,6-7,13-14,18H,4-5,8-11,16H2. The molecule has 2 atom stereocenters. The maximum absolute atomic E-state index is 12.2. The Morgan fingerprint density at radius 2 is 2.15 bits per heavy atom. The molecule has 0 spiro atoms. The Labute approximate surface area is 119 Å². The highest BCUT2D eigenvalue weighted by molar-refractivity contribution is 5.68. The van der Waals surface area contributed by atoms with Crippen LogP contribution >= 0.6 is 0 Å². The summed E-state index contributed by atoms with van der Waals surface area (Å²) in [6.45, 7) is 1.03. The smallest absolute Gasteiger partial charge is 0.410 e. The molecule has 1 aromatic carbocycles. The number of carbonyl (C=O) groups excluding carboxylic acids is 1. The zero-order chi connectivity index (χ0) is 14.4. The summed E-state index contributed by atoms with van der Waals surface area (Å²) in [7, 11) is 0. The van der Waals surface area contributed by atoms with Crippen molar-refractivity contribution < 1.29 is 14.6 Å². The molecule has 0 bridgehead atoms. The van der Waals surface area contributed by atoms with Crippen molar-refractivity contribution in [2.75, 3.05) is 13.1 Å². The van der Waals surface area contributed by atoms with Gasteiger partial charge in [-0.1, -0.05) is 30.3 Å². The third-order valence-electron chi connectivity index (χ3n) is 3.67. The maximum atomic E-state index is 12.2. The molecule has 0 aliphatic carbocycles. The number of hydrogen-bond acceptors (Lipinski definition) is 4. The van der Waals surface area contributed by atoms with Gasteiger partial charge in [-0.3, -0.25) is 0 Å². The lowest BCUT2D eigenvalue weighted by Gasteiger charge is -2.37. The van der Waals surface area contributed by atoms with Crippen molar-refractivity contribution in [3.8, 4) is 0 Å². The minimum Gasteiger partial charge on any atom is -0.445 e. The van der Waals surface area contributed by atoms with Gasteiger partial charge >= 0.3 is 6.09 Å². The highest BCUT2D eigenvalue weighted by Gasteiger charge is 2.32. The van der Waals surface area contributed by atoms with E-state index in [1.165, 1.54) is 0 Å². The van der Waals surface area contributed by atoms with Crippen LogP contribution in [0.4, 0.5) is 4.79 Å². The minimum atomic E-state index is -0.681. The number of aliphatic hydroxyl groups excluding tert-OH is 1. The second-order valence-corrected chi connectivity index (χ2v) is 5.10. The van der Waals surface area contributed by atoms with E-state index in [9.17, 15) is 9.90 Å². The van der Waals surface area contributed by atoms with E-state index in [2.05, 4.69) is 0 Å². The summed E-state index contributed by atoms with van der Waals surface area (Å²) in [6.07, 6.45) is 1.67. The van der Waals surface area contributed by atoms with Crippen molar-refractivity contribution in [3.63, 3.8) is 0 Å². The van der Waals surface area contributed by atoms with Gasteiger partial charge in [-0.15, -0.1) is 0 Å². The van der Waals surface area contributed by atoms with E-state index in [-0.39, 0.29) is 25.3 Å². The van der Waals surface area contributed by atoms with E-state index in [4.69, 9.17) is 10.5 Å². The van der Waals surface area contributed by atoms with Gasteiger partial charge in [0.25, 0.3) is 0 Å². The molecule has 1 amide bonds. The highest BCUT2D eigenvalue weighted by Crippen LogP contribution is 2.21. The third kappa shape index (κ3) is 3.71. The van der Waals surface area contributed by atoms with Crippen molar-refractivity contribution in [1.29, 1.82) is 0 Å². The fraction of sp³-hybridized carbons (Fsp3) is 0.533. The van der Waals surface area contributed by atoms with Gasteiger partial charge in [-0.05, 0) is 24.8 Å². The van der Waals surface area contributed by atoms with Gasteiger partial charge in [-0.2, -0.15) is 0 Å². The van der Waals surface area contributed by atoms with Crippen molar-refractivity contribution >= 4 is 6.09 Å². The molecule has 5 nitrogen and oxygen atoms in total. The van der Waals surface area contributed by atoms with Crippen LogP contribution in [0.2, 0.25) is 0 Å². The molecule has 1 heterocycles. The molecule has 5 heteroatoms. The van der Waals surface area contributed by atoms with Crippen LogP contribution in [0.3, 0.4) is 0 Å². The fourth-order valence-corrected chi connectivity index (χ4v) is 2.54.